The summed E-state index contributed by atoms with van der Waals surface area (Å²) in [6, 6.07) is 12.7. The third-order valence-corrected chi connectivity index (χ3v) is 3.85. The first-order valence-electron chi connectivity index (χ1n) is 5.98. The van der Waals surface area contributed by atoms with E-state index in [-0.39, 0.29) is 5.91 Å². The van der Waals surface area contributed by atoms with Crippen LogP contribution < -0.4 is 5.32 Å². The monoisotopic (exact) mass is 304 g/mol. The quantitative estimate of drug-likeness (QED) is 0.706. The maximum atomic E-state index is 12.3. The summed E-state index contributed by atoms with van der Waals surface area (Å²) < 4.78 is 0. The minimum absolute atomic E-state index is 0.230. The lowest BCUT2D eigenvalue weighted by Gasteiger charge is -2.07. The van der Waals surface area contributed by atoms with Gasteiger partial charge < -0.3 is 10.3 Å². The number of amides is 1. The molecule has 0 fully saturated rings. The topological polar surface area (TPSA) is 44.9 Å². The van der Waals surface area contributed by atoms with E-state index in [1.165, 1.54) is 0 Å². The summed E-state index contributed by atoms with van der Waals surface area (Å²) in [4.78, 5) is 15.4. The van der Waals surface area contributed by atoms with Gasteiger partial charge in [0.2, 0.25) is 0 Å². The minimum atomic E-state index is -0.230. The van der Waals surface area contributed by atoms with Crippen LogP contribution in [-0.2, 0) is 0 Å². The Hall–Kier alpha value is -1.97. The third-order valence-electron chi connectivity index (χ3n) is 3.03. The number of hydrogen-bond acceptors (Lipinski definition) is 1. The maximum absolute atomic E-state index is 12.3. The average molecular weight is 305 g/mol. The summed E-state index contributed by atoms with van der Waals surface area (Å²) in [6.07, 6.45) is 1.68. The number of para-hydroxylation sites is 1. The number of H-pyrrole nitrogens is 1. The van der Waals surface area contributed by atoms with Gasteiger partial charge in [-0.05, 0) is 18.2 Å². The second-order valence-corrected chi connectivity index (χ2v) is 5.09. The molecule has 2 aromatic carbocycles. The number of carbonyl (C=O) groups excluding carboxylic acids is 1. The largest absolute Gasteiger partial charge is 0.360 e. The molecule has 0 spiro atoms. The first-order valence-corrected chi connectivity index (χ1v) is 6.74. The molecule has 20 heavy (non-hydrogen) atoms. The summed E-state index contributed by atoms with van der Waals surface area (Å²) in [5, 5.41) is 4.38. The second kappa shape index (κ2) is 5.19. The highest BCUT2D eigenvalue weighted by Gasteiger charge is 2.13. The highest BCUT2D eigenvalue weighted by atomic mass is 35.5. The van der Waals surface area contributed by atoms with E-state index in [2.05, 4.69) is 10.3 Å². The Morgan fingerprint density at radius 1 is 1.05 bits per heavy atom. The lowest BCUT2D eigenvalue weighted by Crippen LogP contribution is -2.11. The number of rotatable bonds is 2. The van der Waals surface area contributed by atoms with E-state index in [0.29, 0.717) is 21.3 Å². The zero-order valence-corrected chi connectivity index (χ0v) is 11.8. The molecule has 3 aromatic rings. The number of anilines is 1. The lowest BCUT2D eigenvalue weighted by atomic mass is 10.1. The van der Waals surface area contributed by atoms with E-state index in [4.69, 9.17) is 23.2 Å². The number of nitrogens with one attached hydrogen (secondary N) is 2. The van der Waals surface area contributed by atoms with Gasteiger partial charge in [0.05, 0.1) is 21.3 Å². The van der Waals surface area contributed by atoms with Crippen LogP contribution in [0.3, 0.4) is 0 Å². The van der Waals surface area contributed by atoms with Crippen LogP contribution in [0.4, 0.5) is 5.69 Å². The Balaban J connectivity index is 1.95. The fourth-order valence-corrected chi connectivity index (χ4v) is 2.40. The number of benzene rings is 2. The molecule has 0 unspecified atom stereocenters. The first-order chi connectivity index (χ1) is 9.66. The van der Waals surface area contributed by atoms with E-state index < -0.39 is 0 Å². The van der Waals surface area contributed by atoms with Crippen molar-refractivity contribution >= 4 is 45.7 Å². The molecule has 0 aliphatic carbocycles. The van der Waals surface area contributed by atoms with E-state index in [1.54, 1.807) is 24.4 Å². The van der Waals surface area contributed by atoms with Gasteiger partial charge in [0.25, 0.3) is 5.91 Å². The number of carbonyl (C=O) groups is 1. The summed E-state index contributed by atoms with van der Waals surface area (Å²) in [6.45, 7) is 0. The normalized spacial score (nSPS) is 10.7. The molecule has 5 heteroatoms. The number of aromatic amines is 1. The number of halogens is 2. The fourth-order valence-electron chi connectivity index (χ4n) is 2.05. The van der Waals surface area contributed by atoms with Crippen LogP contribution in [-0.4, -0.2) is 10.9 Å². The number of fused-ring (bicyclic) bond motifs is 1. The zero-order chi connectivity index (χ0) is 14.1. The summed E-state index contributed by atoms with van der Waals surface area (Å²) >= 11 is 12.0. The van der Waals surface area contributed by atoms with Crippen molar-refractivity contribution in [3.63, 3.8) is 0 Å². The summed E-state index contributed by atoms with van der Waals surface area (Å²) in [5.41, 5.74) is 1.97. The standard InChI is InChI=1S/C15H10Cl2N2O/c16-11-5-3-7-13(14(11)17)19-15(20)10-8-18-12-6-2-1-4-9(10)12/h1-8,18H,(H,19,20). The molecule has 0 aliphatic heterocycles. The Kier molecular flexibility index (Phi) is 3.38. The Labute approximate surface area is 125 Å². The fraction of sp³-hybridized carbons (Fsp3) is 0. The smallest absolute Gasteiger partial charge is 0.257 e. The Morgan fingerprint density at radius 2 is 1.85 bits per heavy atom. The van der Waals surface area contributed by atoms with Crippen molar-refractivity contribution in [1.29, 1.82) is 0 Å². The molecule has 100 valence electrons. The van der Waals surface area contributed by atoms with Gasteiger partial charge in [0, 0.05) is 17.1 Å². The summed E-state index contributed by atoms with van der Waals surface area (Å²) in [5.74, 6) is -0.230. The Morgan fingerprint density at radius 3 is 2.70 bits per heavy atom. The van der Waals surface area contributed by atoms with Crippen molar-refractivity contribution < 1.29 is 4.79 Å². The molecule has 2 N–H and O–H groups in total. The van der Waals surface area contributed by atoms with E-state index >= 15 is 0 Å². The van der Waals surface area contributed by atoms with Crippen molar-refractivity contribution in [2.45, 2.75) is 0 Å². The molecule has 1 heterocycles. The van der Waals surface area contributed by atoms with Gasteiger partial charge in [0.1, 0.15) is 0 Å². The Bertz CT molecular complexity index is 795. The van der Waals surface area contributed by atoms with Crippen molar-refractivity contribution in [2.75, 3.05) is 5.32 Å². The van der Waals surface area contributed by atoms with E-state index in [1.807, 2.05) is 24.3 Å². The zero-order valence-electron chi connectivity index (χ0n) is 10.3. The molecule has 3 nitrogen and oxygen atoms in total. The molecule has 0 bridgehead atoms. The average Bonchev–Trinajstić information content (AvgIpc) is 2.88. The van der Waals surface area contributed by atoms with Crippen LogP contribution in [0.15, 0.2) is 48.7 Å². The third kappa shape index (κ3) is 2.26. The predicted molar refractivity (Wildman–Crippen MR) is 82.7 cm³/mol. The highest BCUT2D eigenvalue weighted by Crippen LogP contribution is 2.30. The molecule has 0 saturated heterocycles. The van der Waals surface area contributed by atoms with Gasteiger partial charge in [-0.2, -0.15) is 0 Å². The molecular weight excluding hydrogens is 295 g/mol. The van der Waals surface area contributed by atoms with E-state index in [0.717, 1.165) is 10.9 Å². The van der Waals surface area contributed by atoms with Crippen LogP contribution in [0.5, 0.6) is 0 Å². The van der Waals surface area contributed by atoms with Crippen LogP contribution >= 0.6 is 23.2 Å². The highest BCUT2D eigenvalue weighted by molar-refractivity contribution is 6.44. The van der Waals surface area contributed by atoms with Gasteiger partial charge in [-0.1, -0.05) is 47.5 Å². The first kappa shape index (κ1) is 13.0. The van der Waals surface area contributed by atoms with Crippen LogP contribution in [0.25, 0.3) is 10.9 Å². The molecule has 0 aliphatic rings. The maximum Gasteiger partial charge on any atom is 0.257 e. The van der Waals surface area contributed by atoms with Gasteiger partial charge in [-0.15, -0.1) is 0 Å². The van der Waals surface area contributed by atoms with Gasteiger partial charge in [0.15, 0.2) is 0 Å². The van der Waals surface area contributed by atoms with Crippen molar-refractivity contribution in [1.82, 2.24) is 4.98 Å². The second-order valence-electron chi connectivity index (χ2n) is 4.30. The number of hydrogen-bond donors (Lipinski definition) is 2. The number of aromatic nitrogens is 1. The predicted octanol–water partition coefficient (Wildman–Crippen LogP) is 4.73. The SMILES string of the molecule is O=C(Nc1cccc(Cl)c1Cl)c1c[nH]c2ccccc12. The van der Waals surface area contributed by atoms with Crippen molar-refractivity contribution in [2.24, 2.45) is 0 Å². The summed E-state index contributed by atoms with van der Waals surface area (Å²) in [7, 11) is 0. The van der Waals surface area contributed by atoms with Gasteiger partial charge in [-0.3, -0.25) is 4.79 Å². The van der Waals surface area contributed by atoms with E-state index in [9.17, 15) is 4.79 Å². The lowest BCUT2D eigenvalue weighted by molar-refractivity contribution is 0.102. The molecule has 0 radical (unpaired) electrons. The van der Waals surface area contributed by atoms with Crippen molar-refractivity contribution in [3.05, 3.63) is 64.3 Å². The molecule has 1 aromatic heterocycles. The van der Waals surface area contributed by atoms with Gasteiger partial charge >= 0.3 is 0 Å². The minimum Gasteiger partial charge on any atom is -0.360 e. The molecular formula is C15H10Cl2N2O. The van der Waals surface area contributed by atoms with Crippen molar-refractivity contribution in [3.8, 4) is 0 Å². The van der Waals surface area contributed by atoms with Crippen LogP contribution in [0, 0.1) is 0 Å². The van der Waals surface area contributed by atoms with Crippen LogP contribution in [0.2, 0.25) is 10.0 Å². The van der Waals surface area contributed by atoms with Gasteiger partial charge in [-0.25, -0.2) is 0 Å². The van der Waals surface area contributed by atoms with Crippen LogP contribution in [0.1, 0.15) is 10.4 Å². The molecule has 1 amide bonds. The molecule has 3 rings (SSSR count). The molecule has 0 saturated carbocycles. The molecule has 0 atom stereocenters.